The summed E-state index contributed by atoms with van der Waals surface area (Å²) < 4.78 is 10.6. The number of hydrogen-bond acceptors (Lipinski definition) is 4. The van der Waals surface area contributed by atoms with Gasteiger partial charge in [0.2, 0.25) is 0 Å². The molecule has 6 heteroatoms. The zero-order valence-corrected chi connectivity index (χ0v) is 12.2. The van der Waals surface area contributed by atoms with Gasteiger partial charge in [0.1, 0.15) is 12.3 Å². The first kappa shape index (κ1) is 15.6. The van der Waals surface area contributed by atoms with Crippen molar-refractivity contribution in [2.75, 3.05) is 19.8 Å². The lowest BCUT2D eigenvalue weighted by Crippen LogP contribution is -2.46. The van der Waals surface area contributed by atoms with Gasteiger partial charge in [0.05, 0.1) is 11.8 Å². The first-order chi connectivity index (χ1) is 10.1. The number of aliphatic carboxylic acids is 1. The Labute approximate surface area is 123 Å². The minimum atomic E-state index is -1.00. The van der Waals surface area contributed by atoms with E-state index >= 15 is 0 Å². The third-order valence-electron chi connectivity index (χ3n) is 3.65. The van der Waals surface area contributed by atoms with Crippen LogP contribution in [-0.2, 0) is 16.0 Å². The summed E-state index contributed by atoms with van der Waals surface area (Å²) in [6, 6.07) is 1.54. The summed E-state index contributed by atoms with van der Waals surface area (Å²) in [6.07, 6.45) is 4.36. The lowest BCUT2D eigenvalue weighted by Gasteiger charge is -2.33. The van der Waals surface area contributed by atoms with E-state index in [4.69, 9.17) is 14.3 Å². The van der Waals surface area contributed by atoms with E-state index in [2.05, 4.69) is 0 Å². The summed E-state index contributed by atoms with van der Waals surface area (Å²) in [7, 11) is 0. The lowest BCUT2D eigenvalue weighted by molar-refractivity contribution is -0.138. The zero-order chi connectivity index (χ0) is 15.2. The Kier molecular flexibility index (Phi) is 5.38. The standard InChI is InChI=1S/C15H21NO5/c1-2-3-13-12(6-9-21-13)15(19)16(10-14(17)18)11-4-7-20-8-5-11/h6,9,11H,2-5,7-8,10H2,1H3,(H,17,18). The van der Waals surface area contributed by atoms with Crippen molar-refractivity contribution in [1.82, 2.24) is 4.90 Å². The van der Waals surface area contributed by atoms with Crippen molar-refractivity contribution in [2.24, 2.45) is 0 Å². The number of amides is 1. The molecule has 0 radical (unpaired) electrons. The van der Waals surface area contributed by atoms with E-state index < -0.39 is 5.97 Å². The van der Waals surface area contributed by atoms with Gasteiger partial charge in [0, 0.05) is 25.7 Å². The Hall–Kier alpha value is -1.82. The number of carbonyl (C=O) groups is 2. The predicted octanol–water partition coefficient (Wildman–Crippen LogP) is 1.94. The van der Waals surface area contributed by atoms with Crippen LogP contribution in [0.15, 0.2) is 16.7 Å². The summed E-state index contributed by atoms with van der Waals surface area (Å²) in [5.41, 5.74) is 0.476. The molecule has 1 amide bonds. The molecule has 1 aliphatic rings. The van der Waals surface area contributed by atoms with Gasteiger partial charge < -0.3 is 19.2 Å². The molecule has 0 aliphatic carbocycles. The van der Waals surface area contributed by atoms with Gasteiger partial charge in [0.25, 0.3) is 5.91 Å². The molecule has 0 bridgehead atoms. The van der Waals surface area contributed by atoms with Crippen LogP contribution in [0.5, 0.6) is 0 Å². The highest BCUT2D eigenvalue weighted by Crippen LogP contribution is 2.21. The Morgan fingerprint density at radius 2 is 2.10 bits per heavy atom. The van der Waals surface area contributed by atoms with Crippen molar-refractivity contribution in [3.63, 3.8) is 0 Å². The van der Waals surface area contributed by atoms with Crippen LogP contribution in [0.4, 0.5) is 0 Å². The van der Waals surface area contributed by atoms with Gasteiger partial charge in [-0.3, -0.25) is 9.59 Å². The van der Waals surface area contributed by atoms with E-state index in [0.29, 0.717) is 43.8 Å². The maximum atomic E-state index is 12.7. The summed E-state index contributed by atoms with van der Waals surface area (Å²) >= 11 is 0. The Morgan fingerprint density at radius 1 is 1.38 bits per heavy atom. The zero-order valence-electron chi connectivity index (χ0n) is 12.2. The molecule has 1 aromatic heterocycles. The summed E-state index contributed by atoms with van der Waals surface area (Å²) in [5, 5.41) is 9.09. The van der Waals surface area contributed by atoms with E-state index in [9.17, 15) is 9.59 Å². The molecule has 21 heavy (non-hydrogen) atoms. The number of carbonyl (C=O) groups excluding carboxylic acids is 1. The molecule has 116 valence electrons. The fourth-order valence-electron chi connectivity index (χ4n) is 2.62. The van der Waals surface area contributed by atoms with E-state index in [-0.39, 0.29) is 18.5 Å². The number of nitrogens with zero attached hydrogens (tertiary/aromatic N) is 1. The van der Waals surface area contributed by atoms with Crippen molar-refractivity contribution in [1.29, 1.82) is 0 Å². The molecule has 6 nitrogen and oxygen atoms in total. The van der Waals surface area contributed by atoms with Crippen molar-refractivity contribution in [3.8, 4) is 0 Å². The Balaban J connectivity index is 2.20. The Morgan fingerprint density at radius 3 is 2.71 bits per heavy atom. The van der Waals surface area contributed by atoms with Crippen LogP contribution in [0.25, 0.3) is 0 Å². The molecule has 1 N–H and O–H groups in total. The number of carboxylic acid groups (broad SMARTS) is 1. The second kappa shape index (κ2) is 7.26. The molecular weight excluding hydrogens is 274 g/mol. The smallest absolute Gasteiger partial charge is 0.323 e. The van der Waals surface area contributed by atoms with Crippen LogP contribution in [0, 0.1) is 0 Å². The number of hydrogen-bond donors (Lipinski definition) is 1. The maximum absolute atomic E-state index is 12.7. The minimum Gasteiger partial charge on any atom is -0.480 e. The topological polar surface area (TPSA) is 80.0 Å². The van der Waals surface area contributed by atoms with Gasteiger partial charge in [-0.2, -0.15) is 0 Å². The fourth-order valence-corrected chi connectivity index (χ4v) is 2.62. The van der Waals surface area contributed by atoms with Gasteiger partial charge >= 0.3 is 5.97 Å². The number of furan rings is 1. The van der Waals surface area contributed by atoms with Crippen molar-refractivity contribution >= 4 is 11.9 Å². The van der Waals surface area contributed by atoms with Crippen LogP contribution < -0.4 is 0 Å². The largest absolute Gasteiger partial charge is 0.480 e. The fraction of sp³-hybridized carbons (Fsp3) is 0.600. The summed E-state index contributed by atoms with van der Waals surface area (Å²) in [5.74, 6) is -0.637. The second-order valence-electron chi connectivity index (χ2n) is 5.18. The van der Waals surface area contributed by atoms with E-state index in [1.165, 1.54) is 11.2 Å². The van der Waals surface area contributed by atoms with E-state index in [0.717, 1.165) is 6.42 Å². The molecule has 2 heterocycles. The third-order valence-corrected chi connectivity index (χ3v) is 3.65. The third kappa shape index (κ3) is 3.85. The number of carboxylic acids is 1. The van der Waals surface area contributed by atoms with Crippen LogP contribution in [-0.4, -0.2) is 47.7 Å². The highest BCUT2D eigenvalue weighted by atomic mass is 16.5. The first-order valence-corrected chi connectivity index (χ1v) is 7.30. The average molecular weight is 295 g/mol. The quantitative estimate of drug-likeness (QED) is 0.867. The Bertz CT molecular complexity index is 490. The van der Waals surface area contributed by atoms with Gasteiger partial charge in [-0.1, -0.05) is 6.92 Å². The minimum absolute atomic E-state index is 0.0910. The molecule has 0 unspecified atom stereocenters. The van der Waals surface area contributed by atoms with Crippen molar-refractivity contribution in [3.05, 3.63) is 23.7 Å². The van der Waals surface area contributed by atoms with Gasteiger partial charge in [-0.15, -0.1) is 0 Å². The van der Waals surface area contributed by atoms with Crippen LogP contribution >= 0.6 is 0 Å². The van der Waals surface area contributed by atoms with E-state index in [1.807, 2.05) is 6.92 Å². The second-order valence-corrected chi connectivity index (χ2v) is 5.18. The van der Waals surface area contributed by atoms with Crippen LogP contribution in [0.1, 0.15) is 42.3 Å². The summed E-state index contributed by atoms with van der Waals surface area (Å²) in [6.45, 7) is 2.83. The highest BCUT2D eigenvalue weighted by Gasteiger charge is 2.30. The normalized spacial score (nSPS) is 15.9. The molecule has 1 aliphatic heterocycles. The van der Waals surface area contributed by atoms with Crippen molar-refractivity contribution < 1.29 is 23.8 Å². The van der Waals surface area contributed by atoms with Gasteiger partial charge in [-0.05, 0) is 25.3 Å². The highest BCUT2D eigenvalue weighted by molar-refractivity contribution is 5.97. The SMILES string of the molecule is CCCc1occc1C(=O)N(CC(=O)O)C1CCOCC1. The van der Waals surface area contributed by atoms with Gasteiger partial charge in [0.15, 0.2) is 0 Å². The van der Waals surface area contributed by atoms with Crippen LogP contribution in [0.3, 0.4) is 0 Å². The molecule has 1 saturated heterocycles. The summed E-state index contributed by atoms with van der Waals surface area (Å²) in [4.78, 5) is 25.2. The first-order valence-electron chi connectivity index (χ1n) is 7.30. The predicted molar refractivity (Wildman–Crippen MR) is 75.2 cm³/mol. The maximum Gasteiger partial charge on any atom is 0.323 e. The lowest BCUT2D eigenvalue weighted by atomic mass is 10.0. The van der Waals surface area contributed by atoms with E-state index in [1.54, 1.807) is 6.07 Å². The molecule has 0 aromatic carbocycles. The monoisotopic (exact) mass is 295 g/mol. The molecule has 1 fully saturated rings. The van der Waals surface area contributed by atoms with Crippen molar-refractivity contribution in [2.45, 2.75) is 38.6 Å². The molecule has 0 spiro atoms. The number of rotatable bonds is 6. The number of aryl methyl sites for hydroxylation is 1. The molecule has 1 aromatic rings. The molecule has 0 atom stereocenters. The molecule has 2 rings (SSSR count). The number of ether oxygens (including phenoxy) is 1. The molecule has 0 saturated carbocycles. The average Bonchev–Trinajstić information content (AvgIpc) is 2.93. The molecular formula is C15H21NO5. The van der Waals surface area contributed by atoms with Gasteiger partial charge in [-0.25, -0.2) is 0 Å². The van der Waals surface area contributed by atoms with Crippen LogP contribution in [0.2, 0.25) is 0 Å².